The summed E-state index contributed by atoms with van der Waals surface area (Å²) >= 11 is 4.23. The largest absolute Gasteiger partial charge is 0.340 e. The van der Waals surface area contributed by atoms with Crippen molar-refractivity contribution in [3.8, 4) is 0 Å². The highest BCUT2D eigenvalue weighted by molar-refractivity contribution is 7.80. The van der Waals surface area contributed by atoms with E-state index in [1.165, 1.54) is 12.8 Å². The van der Waals surface area contributed by atoms with Crippen LogP contribution in [-0.4, -0.2) is 54.2 Å². The van der Waals surface area contributed by atoms with E-state index in [0.717, 1.165) is 51.3 Å². The van der Waals surface area contributed by atoms with Gasteiger partial charge in [0.25, 0.3) is 0 Å². The number of carbonyl (C=O) groups is 1. The predicted molar refractivity (Wildman–Crippen MR) is 71.0 cm³/mol. The lowest BCUT2D eigenvalue weighted by Gasteiger charge is -2.34. The Bertz CT molecular complexity index is 203. The SMILES string of the molecule is CCCCCC(=O)N1CCN(CCS)CC1. The van der Waals surface area contributed by atoms with Crippen molar-refractivity contribution in [2.45, 2.75) is 32.6 Å². The summed E-state index contributed by atoms with van der Waals surface area (Å²) in [5.41, 5.74) is 0. The topological polar surface area (TPSA) is 23.6 Å². The number of thiol groups is 1. The second-order valence-electron chi connectivity index (χ2n) is 4.40. The van der Waals surface area contributed by atoms with Crippen molar-refractivity contribution in [3.05, 3.63) is 0 Å². The molecule has 1 fully saturated rings. The van der Waals surface area contributed by atoms with Crippen molar-refractivity contribution in [3.63, 3.8) is 0 Å². The van der Waals surface area contributed by atoms with Gasteiger partial charge in [-0.3, -0.25) is 9.69 Å². The van der Waals surface area contributed by atoms with Crippen LogP contribution in [0.4, 0.5) is 0 Å². The maximum atomic E-state index is 11.8. The third-order valence-corrected chi connectivity index (χ3v) is 3.34. The number of carbonyl (C=O) groups excluding carboxylic acids is 1. The van der Waals surface area contributed by atoms with Gasteiger partial charge >= 0.3 is 0 Å². The molecule has 16 heavy (non-hydrogen) atoms. The van der Waals surface area contributed by atoms with Crippen LogP contribution in [0, 0.1) is 0 Å². The van der Waals surface area contributed by atoms with Gasteiger partial charge in [0.15, 0.2) is 0 Å². The number of unbranched alkanes of at least 4 members (excludes halogenated alkanes) is 2. The van der Waals surface area contributed by atoms with Gasteiger partial charge in [0, 0.05) is 44.9 Å². The zero-order chi connectivity index (χ0) is 11.8. The first-order chi connectivity index (χ1) is 7.77. The maximum absolute atomic E-state index is 11.8. The summed E-state index contributed by atoms with van der Waals surface area (Å²) in [6.45, 7) is 7.04. The van der Waals surface area contributed by atoms with E-state index in [4.69, 9.17) is 0 Å². The normalized spacial score (nSPS) is 17.8. The summed E-state index contributed by atoms with van der Waals surface area (Å²) in [5.74, 6) is 1.25. The smallest absolute Gasteiger partial charge is 0.222 e. The molecular formula is C12H24N2OS. The molecule has 4 heteroatoms. The molecule has 0 aromatic heterocycles. The molecule has 0 aromatic rings. The van der Waals surface area contributed by atoms with Crippen LogP contribution in [0.25, 0.3) is 0 Å². The van der Waals surface area contributed by atoms with E-state index in [1.807, 2.05) is 4.90 Å². The van der Waals surface area contributed by atoms with Crippen molar-refractivity contribution in [2.75, 3.05) is 38.5 Å². The lowest BCUT2D eigenvalue weighted by Crippen LogP contribution is -2.49. The fraction of sp³-hybridized carbons (Fsp3) is 0.917. The van der Waals surface area contributed by atoms with E-state index in [9.17, 15) is 4.79 Å². The Morgan fingerprint density at radius 2 is 1.88 bits per heavy atom. The molecule has 1 amide bonds. The molecule has 0 saturated carbocycles. The minimum Gasteiger partial charge on any atom is -0.340 e. The second-order valence-corrected chi connectivity index (χ2v) is 4.85. The maximum Gasteiger partial charge on any atom is 0.222 e. The zero-order valence-electron chi connectivity index (χ0n) is 10.3. The Balaban J connectivity index is 2.17. The zero-order valence-corrected chi connectivity index (χ0v) is 11.2. The summed E-state index contributed by atoms with van der Waals surface area (Å²) in [6, 6.07) is 0. The standard InChI is InChI=1S/C12H24N2OS/c1-2-3-4-5-12(15)14-8-6-13(7-9-14)10-11-16/h16H,2-11H2,1H3. The molecule has 1 aliphatic rings. The molecule has 0 unspecified atom stereocenters. The molecule has 0 spiro atoms. The van der Waals surface area contributed by atoms with E-state index in [0.29, 0.717) is 5.91 Å². The molecule has 0 aromatic carbocycles. The summed E-state index contributed by atoms with van der Waals surface area (Å²) in [5, 5.41) is 0. The monoisotopic (exact) mass is 244 g/mol. The minimum absolute atomic E-state index is 0.346. The highest BCUT2D eigenvalue weighted by atomic mass is 32.1. The molecule has 1 heterocycles. The molecular weight excluding hydrogens is 220 g/mol. The Hall–Kier alpha value is -0.220. The number of piperazine rings is 1. The predicted octanol–water partition coefficient (Wildman–Crippen LogP) is 1.64. The van der Waals surface area contributed by atoms with Crippen molar-refractivity contribution in [1.82, 2.24) is 9.80 Å². The molecule has 0 N–H and O–H groups in total. The Labute approximate surface area is 105 Å². The Morgan fingerprint density at radius 3 is 2.44 bits per heavy atom. The van der Waals surface area contributed by atoms with Gasteiger partial charge in [0.05, 0.1) is 0 Å². The summed E-state index contributed by atoms with van der Waals surface area (Å²) in [4.78, 5) is 16.2. The first kappa shape index (κ1) is 13.8. The fourth-order valence-electron chi connectivity index (χ4n) is 2.05. The van der Waals surface area contributed by atoms with Crippen LogP contribution in [0.5, 0.6) is 0 Å². The Kier molecular flexibility index (Phi) is 6.88. The summed E-state index contributed by atoms with van der Waals surface area (Å²) in [6.07, 6.45) is 4.14. The van der Waals surface area contributed by atoms with E-state index in [-0.39, 0.29) is 0 Å². The number of rotatable bonds is 6. The van der Waals surface area contributed by atoms with E-state index in [1.54, 1.807) is 0 Å². The first-order valence-corrected chi connectivity index (χ1v) is 7.02. The van der Waals surface area contributed by atoms with Gasteiger partial charge in [-0.2, -0.15) is 12.6 Å². The summed E-state index contributed by atoms with van der Waals surface area (Å²) < 4.78 is 0. The van der Waals surface area contributed by atoms with Crippen LogP contribution in [0.15, 0.2) is 0 Å². The van der Waals surface area contributed by atoms with Gasteiger partial charge < -0.3 is 4.90 Å². The Morgan fingerprint density at radius 1 is 1.19 bits per heavy atom. The average Bonchev–Trinajstić information content (AvgIpc) is 2.30. The van der Waals surface area contributed by atoms with Crippen LogP contribution in [0.2, 0.25) is 0 Å². The highest BCUT2D eigenvalue weighted by Crippen LogP contribution is 2.07. The van der Waals surface area contributed by atoms with Gasteiger partial charge in [-0.25, -0.2) is 0 Å². The van der Waals surface area contributed by atoms with E-state index in [2.05, 4.69) is 24.5 Å². The lowest BCUT2D eigenvalue weighted by molar-refractivity contribution is -0.133. The number of hydrogen-bond acceptors (Lipinski definition) is 3. The minimum atomic E-state index is 0.346. The number of amides is 1. The van der Waals surface area contributed by atoms with Crippen LogP contribution in [-0.2, 0) is 4.79 Å². The quantitative estimate of drug-likeness (QED) is 0.567. The van der Waals surface area contributed by atoms with Crippen molar-refractivity contribution < 1.29 is 4.79 Å². The van der Waals surface area contributed by atoms with E-state index >= 15 is 0 Å². The van der Waals surface area contributed by atoms with Gasteiger partial charge in [0.1, 0.15) is 0 Å². The van der Waals surface area contributed by atoms with Crippen LogP contribution in [0.3, 0.4) is 0 Å². The molecule has 0 atom stereocenters. The molecule has 3 nitrogen and oxygen atoms in total. The van der Waals surface area contributed by atoms with Crippen molar-refractivity contribution in [1.29, 1.82) is 0 Å². The highest BCUT2D eigenvalue weighted by Gasteiger charge is 2.19. The molecule has 1 rings (SSSR count). The van der Waals surface area contributed by atoms with Gasteiger partial charge in [-0.1, -0.05) is 19.8 Å². The lowest BCUT2D eigenvalue weighted by atomic mass is 10.2. The molecule has 0 bridgehead atoms. The number of hydrogen-bond donors (Lipinski definition) is 1. The molecule has 94 valence electrons. The van der Waals surface area contributed by atoms with E-state index < -0.39 is 0 Å². The second kappa shape index (κ2) is 7.96. The fourth-order valence-corrected chi connectivity index (χ4v) is 2.33. The van der Waals surface area contributed by atoms with Gasteiger partial charge in [-0.15, -0.1) is 0 Å². The van der Waals surface area contributed by atoms with Crippen LogP contribution in [0.1, 0.15) is 32.6 Å². The molecule has 0 aliphatic carbocycles. The van der Waals surface area contributed by atoms with Gasteiger partial charge in [-0.05, 0) is 6.42 Å². The average molecular weight is 244 g/mol. The van der Waals surface area contributed by atoms with Gasteiger partial charge in [0.2, 0.25) is 5.91 Å². The van der Waals surface area contributed by atoms with Crippen LogP contribution >= 0.6 is 12.6 Å². The number of nitrogens with zero attached hydrogens (tertiary/aromatic N) is 2. The molecule has 0 radical (unpaired) electrons. The van der Waals surface area contributed by atoms with Crippen molar-refractivity contribution in [2.24, 2.45) is 0 Å². The third-order valence-electron chi connectivity index (χ3n) is 3.14. The molecule has 1 aliphatic heterocycles. The molecule has 1 saturated heterocycles. The summed E-state index contributed by atoms with van der Waals surface area (Å²) in [7, 11) is 0. The third kappa shape index (κ3) is 4.74. The first-order valence-electron chi connectivity index (χ1n) is 6.39. The van der Waals surface area contributed by atoms with Crippen molar-refractivity contribution >= 4 is 18.5 Å². The van der Waals surface area contributed by atoms with Crippen LogP contribution < -0.4 is 0 Å².